The van der Waals surface area contributed by atoms with Crippen molar-refractivity contribution in [2.45, 2.75) is 0 Å². The molecule has 0 amide bonds. The highest BCUT2D eigenvalue weighted by molar-refractivity contribution is 7.29. The fourth-order valence-electron chi connectivity index (χ4n) is 7.58. The summed E-state index contributed by atoms with van der Waals surface area (Å²) in [6.45, 7) is 0. The van der Waals surface area contributed by atoms with Crippen LogP contribution in [0.4, 0.5) is 0 Å². The van der Waals surface area contributed by atoms with Crippen LogP contribution in [0, 0.1) is 0 Å². The van der Waals surface area contributed by atoms with E-state index in [4.69, 9.17) is 15.0 Å². The van der Waals surface area contributed by atoms with Gasteiger partial charge in [-0.15, -0.1) is 22.7 Å². The second kappa shape index (κ2) is 11.2. The summed E-state index contributed by atoms with van der Waals surface area (Å²) < 4.78 is 7.46. The second-order valence-corrected chi connectivity index (χ2v) is 14.9. The first-order chi connectivity index (χ1) is 25.3. The van der Waals surface area contributed by atoms with E-state index in [-0.39, 0.29) is 0 Å². The average molecular weight is 687 g/mol. The van der Waals surface area contributed by atoms with Gasteiger partial charge in [0.2, 0.25) is 0 Å². The Labute approximate surface area is 300 Å². The zero-order chi connectivity index (χ0) is 33.5. The minimum Gasteiger partial charge on any atom is -0.309 e. The third-order valence-corrected chi connectivity index (χ3v) is 12.2. The summed E-state index contributed by atoms with van der Waals surface area (Å²) in [5.41, 5.74) is 6.55. The SMILES string of the molecule is c1ccc(-c2nc(-c3ccccc3)nc(-c3cccc4sc5ccc6c7cc(-n8c9ccccc9c9ccccc98)ccc7sc6c5c34)n2)cc1. The number of fused-ring (bicyclic) bond motifs is 10. The van der Waals surface area contributed by atoms with Crippen molar-refractivity contribution in [2.24, 2.45) is 0 Å². The molecule has 11 rings (SSSR count). The maximum atomic E-state index is 5.13. The van der Waals surface area contributed by atoms with Gasteiger partial charge in [0.15, 0.2) is 17.5 Å². The predicted octanol–water partition coefficient (Wildman–Crippen LogP) is 12.7. The number of hydrogen-bond donors (Lipinski definition) is 0. The van der Waals surface area contributed by atoms with Crippen LogP contribution in [0.25, 0.3) is 102 Å². The smallest absolute Gasteiger partial charge is 0.164 e. The minimum atomic E-state index is 0.667. The van der Waals surface area contributed by atoms with E-state index in [0.717, 1.165) is 16.7 Å². The predicted molar refractivity (Wildman–Crippen MR) is 216 cm³/mol. The molecule has 4 aromatic heterocycles. The molecule has 0 unspecified atom stereocenters. The first-order valence-electron chi connectivity index (χ1n) is 16.9. The number of nitrogens with zero attached hydrogens (tertiary/aromatic N) is 4. The monoisotopic (exact) mass is 686 g/mol. The molecule has 0 radical (unpaired) electrons. The van der Waals surface area contributed by atoms with Gasteiger partial charge in [-0.25, -0.2) is 15.0 Å². The normalized spacial score (nSPS) is 11.9. The molecular formula is C45H26N4S2. The molecule has 7 aromatic carbocycles. The van der Waals surface area contributed by atoms with E-state index >= 15 is 0 Å². The highest BCUT2D eigenvalue weighted by atomic mass is 32.1. The van der Waals surface area contributed by atoms with Crippen LogP contribution in [0.2, 0.25) is 0 Å². The summed E-state index contributed by atoms with van der Waals surface area (Å²) >= 11 is 3.70. The van der Waals surface area contributed by atoms with Crippen molar-refractivity contribution in [2.75, 3.05) is 0 Å². The van der Waals surface area contributed by atoms with E-state index in [1.165, 1.54) is 67.8 Å². The summed E-state index contributed by atoms with van der Waals surface area (Å²) in [7, 11) is 0. The number of hydrogen-bond acceptors (Lipinski definition) is 5. The summed E-state index contributed by atoms with van der Waals surface area (Å²) in [6.07, 6.45) is 0. The van der Waals surface area contributed by atoms with E-state index in [9.17, 15) is 0 Å². The van der Waals surface area contributed by atoms with Crippen LogP contribution >= 0.6 is 22.7 Å². The van der Waals surface area contributed by atoms with Crippen molar-refractivity contribution in [3.8, 4) is 39.9 Å². The van der Waals surface area contributed by atoms with Gasteiger partial charge in [0, 0.05) is 73.5 Å². The number of aromatic nitrogens is 4. The largest absolute Gasteiger partial charge is 0.309 e. The fraction of sp³-hybridized carbons (Fsp3) is 0. The Kier molecular flexibility index (Phi) is 6.26. The Morgan fingerprint density at radius 1 is 0.392 bits per heavy atom. The third kappa shape index (κ3) is 4.40. The van der Waals surface area contributed by atoms with E-state index in [2.05, 4.69) is 126 Å². The van der Waals surface area contributed by atoms with Crippen molar-refractivity contribution in [1.29, 1.82) is 0 Å². The molecule has 0 N–H and O–H groups in total. The molecule has 0 aliphatic carbocycles. The number of benzene rings is 7. The molecule has 0 atom stereocenters. The molecule has 0 bridgehead atoms. The molecule has 0 saturated carbocycles. The van der Waals surface area contributed by atoms with Gasteiger partial charge in [0.25, 0.3) is 0 Å². The quantitative estimate of drug-likeness (QED) is 0.185. The molecule has 0 saturated heterocycles. The Morgan fingerprint density at radius 2 is 0.980 bits per heavy atom. The zero-order valence-corrected chi connectivity index (χ0v) is 28.7. The summed E-state index contributed by atoms with van der Waals surface area (Å²) in [6, 6.07) is 55.8. The number of para-hydroxylation sites is 2. The first kappa shape index (κ1) is 28.6. The fourth-order valence-corrected chi connectivity index (χ4v) is 10.0. The Morgan fingerprint density at radius 3 is 1.67 bits per heavy atom. The van der Waals surface area contributed by atoms with E-state index in [1.807, 2.05) is 59.1 Å². The first-order valence-corrected chi connectivity index (χ1v) is 18.6. The maximum absolute atomic E-state index is 5.13. The van der Waals surface area contributed by atoms with Gasteiger partial charge in [-0.2, -0.15) is 0 Å². The number of thiophene rings is 2. The third-order valence-electron chi connectivity index (χ3n) is 9.86. The molecule has 0 spiro atoms. The molecule has 0 fully saturated rings. The van der Waals surface area contributed by atoms with Gasteiger partial charge < -0.3 is 4.57 Å². The lowest BCUT2D eigenvalue weighted by molar-refractivity contribution is 1.08. The van der Waals surface area contributed by atoms with Crippen LogP contribution in [0.3, 0.4) is 0 Å². The van der Waals surface area contributed by atoms with E-state index < -0.39 is 0 Å². The second-order valence-electron chi connectivity index (χ2n) is 12.8. The number of rotatable bonds is 4. The lowest BCUT2D eigenvalue weighted by Crippen LogP contribution is -2.00. The lowest BCUT2D eigenvalue weighted by atomic mass is 10.0. The lowest BCUT2D eigenvalue weighted by Gasteiger charge is -2.09. The maximum Gasteiger partial charge on any atom is 0.164 e. The van der Waals surface area contributed by atoms with Crippen molar-refractivity contribution >= 4 is 84.8 Å². The Bertz CT molecular complexity index is 3030. The highest BCUT2D eigenvalue weighted by Crippen LogP contribution is 2.47. The van der Waals surface area contributed by atoms with Gasteiger partial charge in [-0.3, -0.25) is 0 Å². The van der Waals surface area contributed by atoms with E-state index in [1.54, 1.807) is 0 Å². The molecular weight excluding hydrogens is 661 g/mol. The molecule has 51 heavy (non-hydrogen) atoms. The van der Waals surface area contributed by atoms with Gasteiger partial charge in [-0.1, -0.05) is 115 Å². The van der Waals surface area contributed by atoms with Gasteiger partial charge >= 0.3 is 0 Å². The van der Waals surface area contributed by atoms with E-state index in [0.29, 0.717) is 17.5 Å². The van der Waals surface area contributed by atoms with Crippen LogP contribution in [0.15, 0.2) is 158 Å². The van der Waals surface area contributed by atoms with Gasteiger partial charge in [0.05, 0.1) is 11.0 Å². The summed E-state index contributed by atoms with van der Waals surface area (Å²) in [5.74, 6) is 2.01. The summed E-state index contributed by atoms with van der Waals surface area (Å²) in [5, 5.41) is 7.54. The van der Waals surface area contributed by atoms with Gasteiger partial charge in [-0.05, 0) is 42.5 Å². The zero-order valence-electron chi connectivity index (χ0n) is 27.1. The van der Waals surface area contributed by atoms with Crippen LogP contribution in [0.1, 0.15) is 0 Å². The molecule has 6 heteroatoms. The molecule has 0 aliphatic heterocycles. The molecule has 4 nitrogen and oxygen atoms in total. The van der Waals surface area contributed by atoms with Crippen molar-refractivity contribution in [1.82, 2.24) is 19.5 Å². The highest BCUT2D eigenvalue weighted by Gasteiger charge is 2.20. The van der Waals surface area contributed by atoms with Crippen LogP contribution in [0.5, 0.6) is 0 Å². The molecule has 4 heterocycles. The standard InChI is InChI=1S/C45H26N4S2/c1-3-12-27(13-4-1)43-46-44(28-14-5-2-6-15-28)48-45(47-43)33-18-11-21-38-40(33)41-39(50-38)25-23-32-34-26-29(22-24-37(34)51-42(32)41)49-35-19-9-7-16-30(35)31-17-8-10-20-36(31)49/h1-26H. The topological polar surface area (TPSA) is 43.6 Å². The molecule has 11 aromatic rings. The van der Waals surface area contributed by atoms with Gasteiger partial charge in [0.1, 0.15) is 0 Å². The minimum absolute atomic E-state index is 0.667. The molecule has 238 valence electrons. The van der Waals surface area contributed by atoms with Crippen LogP contribution < -0.4 is 0 Å². The van der Waals surface area contributed by atoms with Crippen LogP contribution in [-0.4, -0.2) is 19.5 Å². The van der Waals surface area contributed by atoms with Crippen LogP contribution in [-0.2, 0) is 0 Å². The molecule has 0 aliphatic rings. The van der Waals surface area contributed by atoms with Crippen molar-refractivity contribution < 1.29 is 0 Å². The Hall–Kier alpha value is -6.21. The Balaban J connectivity index is 1.16. The average Bonchev–Trinajstić information content (AvgIpc) is 3.87. The van der Waals surface area contributed by atoms with Crippen molar-refractivity contribution in [3.63, 3.8) is 0 Å². The van der Waals surface area contributed by atoms with Crippen molar-refractivity contribution in [3.05, 3.63) is 158 Å². The summed E-state index contributed by atoms with van der Waals surface area (Å²) in [4.78, 5) is 15.2.